The molecule has 0 aliphatic rings. The molecule has 0 radical (unpaired) electrons. The predicted molar refractivity (Wildman–Crippen MR) is 86.1 cm³/mol. The van der Waals surface area contributed by atoms with E-state index in [1.807, 2.05) is 23.0 Å². The van der Waals surface area contributed by atoms with Crippen molar-refractivity contribution < 1.29 is 4.74 Å². The number of pyridine rings is 1. The number of hydrogen-bond acceptors (Lipinski definition) is 5. The van der Waals surface area contributed by atoms with Crippen LogP contribution in [0.2, 0.25) is 0 Å². The molecule has 3 aromatic rings. The lowest BCUT2D eigenvalue weighted by Crippen LogP contribution is -2.23. The fourth-order valence-electron chi connectivity index (χ4n) is 2.55. The van der Waals surface area contributed by atoms with Gasteiger partial charge in [-0.15, -0.1) is 0 Å². The van der Waals surface area contributed by atoms with E-state index in [-0.39, 0.29) is 6.04 Å². The van der Waals surface area contributed by atoms with E-state index >= 15 is 0 Å². The van der Waals surface area contributed by atoms with Gasteiger partial charge < -0.3 is 10.1 Å². The van der Waals surface area contributed by atoms with Gasteiger partial charge in [0.05, 0.1) is 13.7 Å². The number of anilines is 1. The van der Waals surface area contributed by atoms with Gasteiger partial charge in [-0.1, -0.05) is 12.1 Å². The first kappa shape index (κ1) is 14.3. The Balaban J connectivity index is 1.94. The predicted octanol–water partition coefficient (Wildman–Crippen LogP) is 2.64. The summed E-state index contributed by atoms with van der Waals surface area (Å²) in [4.78, 5) is 8.47. The Bertz CT molecular complexity index is 770. The SMILES string of the molecule is COc1cccc2c(NC(C)Cn3cncn3)c(C)cnc12. The van der Waals surface area contributed by atoms with Crippen LogP contribution in [0.5, 0.6) is 5.75 Å². The Morgan fingerprint density at radius 2 is 2.23 bits per heavy atom. The van der Waals surface area contributed by atoms with E-state index in [1.54, 1.807) is 19.8 Å². The van der Waals surface area contributed by atoms with Crippen molar-refractivity contribution in [3.05, 3.63) is 42.6 Å². The van der Waals surface area contributed by atoms with Crippen molar-refractivity contribution in [2.45, 2.75) is 26.4 Å². The summed E-state index contributed by atoms with van der Waals surface area (Å²) < 4.78 is 7.22. The first-order valence-electron chi connectivity index (χ1n) is 7.20. The lowest BCUT2D eigenvalue weighted by molar-refractivity contribution is 0.419. The van der Waals surface area contributed by atoms with Crippen molar-refractivity contribution in [2.24, 2.45) is 0 Å². The number of nitrogens with zero attached hydrogens (tertiary/aromatic N) is 4. The van der Waals surface area contributed by atoms with E-state index in [0.717, 1.165) is 34.4 Å². The van der Waals surface area contributed by atoms with Gasteiger partial charge in [0.1, 0.15) is 23.9 Å². The van der Waals surface area contributed by atoms with E-state index < -0.39 is 0 Å². The van der Waals surface area contributed by atoms with Gasteiger partial charge in [0.25, 0.3) is 0 Å². The summed E-state index contributed by atoms with van der Waals surface area (Å²) in [5.74, 6) is 0.782. The molecule has 0 saturated carbocycles. The quantitative estimate of drug-likeness (QED) is 0.784. The Morgan fingerprint density at radius 1 is 1.36 bits per heavy atom. The molecule has 0 aliphatic heterocycles. The van der Waals surface area contributed by atoms with Gasteiger partial charge in [0, 0.05) is 23.3 Å². The Kier molecular flexibility index (Phi) is 3.91. The molecule has 114 valence electrons. The highest BCUT2D eigenvalue weighted by Gasteiger charge is 2.12. The normalized spacial score (nSPS) is 12.3. The summed E-state index contributed by atoms with van der Waals surface area (Å²) in [6.07, 6.45) is 5.14. The Labute approximate surface area is 129 Å². The van der Waals surface area contributed by atoms with Crippen LogP contribution in [-0.2, 0) is 6.54 Å². The van der Waals surface area contributed by atoms with Crippen molar-refractivity contribution in [1.29, 1.82) is 0 Å². The molecule has 6 nitrogen and oxygen atoms in total. The molecule has 0 amide bonds. The van der Waals surface area contributed by atoms with Crippen LogP contribution in [0.15, 0.2) is 37.1 Å². The average molecular weight is 297 g/mol. The second-order valence-corrected chi connectivity index (χ2v) is 5.34. The van der Waals surface area contributed by atoms with Crippen molar-refractivity contribution in [3.8, 4) is 5.75 Å². The highest BCUT2D eigenvalue weighted by Crippen LogP contribution is 2.31. The van der Waals surface area contributed by atoms with Crippen LogP contribution in [0, 0.1) is 6.92 Å². The van der Waals surface area contributed by atoms with Crippen LogP contribution in [0.25, 0.3) is 10.9 Å². The highest BCUT2D eigenvalue weighted by atomic mass is 16.5. The van der Waals surface area contributed by atoms with Crippen LogP contribution in [0.1, 0.15) is 12.5 Å². The van der Waals surface area contributed by atoms with E-state index in [9.17, 15) is 0 Å². The zero-order chi connectivity index (χ0) is 15.5. The van der Waals surface area contributed by atoms with Gasteiger partial charge in [-0.25, -0.2) is 4.98 Å². The summed E-state index contributed by atoms with van der Waals surface area (Å²) >= 11 is 0. The molecule has 1 atom stereocenters. The van der Waals surface area contributed by atoms with Crippen LogP contribution in [-0.4, -0.2) is 32.9 Å². The van der Waals surface area contributed by atoms with Gasteiger partial charge in [0.2, 0.25) is 0 Å². The minimum atomic E-state index is 0.206. The van der Waals surface area contributed by atoms with Crippen LogP contribution in [0.4, 0.5) is 5.69 Å². The molecule has 2 aromatic heterocycles. The van der Waals surface area contributed by atoms with E-state index in [0.29, 0.717) is 0 Å². The zero-order valence-electron chi connectivity index (χ0n) is 12.9. The fourth-order valence-corrected chi connectivity index (χ4v) is 2.55. The molecule has 0 saturated heterocycles. The largest absolute Gasteiger partial charge is 0.494 e. The molecule has 0 aliphatic carbocycles. The molecule has 2 heterocycles. The second kappa shape index (κ2) is 6.01. The summed E-state index contributed by atoms with van der Waals surface area (Å²) in [7, 11) is 1.66. The zero-order valence-corrected chi connectivity index (χ0v) is 12.9. The summed E-state index contributed by atoms with van der Waals surface area (Å²) in [6, 6.07) is 6.17. The maximum Gasteiger partial charge on any atom is 0.145 e. The van der Waals surface area contributed by atoms with Crippen molar-refractivity contribution in [3.63, 3.8) is 0 Å². The highest BCUT2D eigenvalue weighted by molar-refractivity contribution is 5.96. The topological polar surface area (TPSA) is 64.9 Å². The summed E-state index contributed by atoms with van der Waals surface area (Å²) in [5, 5.41) is 8.76. The Morgan fingerprint density at radius 3 is 2.95 bits per heavy atom. The Hall–Kier alpha value is -2.63. The third-order valence-corrected chi connectivity index (χ3v) is 3.59. The molecular weight excluding hydrogens is 278 g/mol. The minimum Gasteiger partial charge on any atom is -0.494 e. The number of methoxy groups -OCH3 is 1. The lowest BCUT2D eigenvalue weighted by Gasteiger charge is -2.19. The first-order chi connectivity index (χ1) is 10.7. The molecule has 0 fully saturated rings. The molecule has 1 N–H and O–H groups in total. The molecule has 6 heteroatoms. The number of aromatic nitrogens is 4. The van der Waals surface area contributed by atoms with Gasteiger partial charge >= 0.3 is 0 Å². The molecule has 22 heavy (non-hydrogen) atoms. The number of nitrogens with one attached hydrogen (secondary N) is 1. The third kappa shape index (κ3) is 2.72. The monoisotopic (exact) mass is 297 g/mol. The van der Waals surface area contributed by atoms with Crippen molar-refractivity contribution in [2.75, 3.05) is 12.4 Å². The number of fused-ring (bicyclic) bond motifs is 1. The average Bonchev–Trinajstić information content (AvgIpc) is 3.02. The van der Waals surface area contributed by atoms with Crippen LogP contribution < -0.4 is 10.1 Å². The maximum absolute atomic E-state index is 5.40. The van der Waals surface area contributed by atoms with E-state index in [4.69, 9.17) is 4.74 Å². The van der Waals surface area contributed by atoms with Gasteiger partial charge in [0.15, 0.2) is 0 Å². The first-order valence-corrected chi connectivity index (χ1v) is 7.20. The number of benzene rings is 1. The molecule has 3 rings (SSSR count). The van der Waals surface area contributed by atoms with Gasteiger partial charge in [-0.05, 0) is 25.5 Å². The fraction of sp³-hybridized carbons (Fsp3) is 0.312. The van der Waals surface area contributed by atoms with E-state index in [2.05, 4.69) is 40.3 Å². The summed E-state index contributed by atoms with van der Waals surface area (Å²) in [5.41, 5.74) is 3.05. The lowest BCUT2D eigenvalue weighted by atomic mass is 10.1. The van der Waals surface area contributed by atoms with Gasteiger partial charge in [-0.3, -0.25) is 9.67 Å². The summed E-state index contributed by atoms with van der Waals surface area (Å²) in [6.45, 7) is 4.91. The molecular formula is C16H19N5O. The minimum absolute atomic E-state index is 0.206. The second-order valence-electron chi connectivity index (χ2n) is 5.34. The number of hydrogen-bond donors (Lipinski definition) is 1. The molecule has 0 spiro atoms. The molecule has 1 aromatic carbocycles. The molecule has 0 bridgehead atoms. The standard InChI is InChI=1S/C16H19N5O/c1-11-7-18-16-13(5-4-6-14(16)22-3)15(11)20-12(2)8-21-10-17-9-19-21/h4-7,9-10,12H,8H2,1-3H3,(H,18,20). The third-order valence-electron chi connectivity index (χ3n) is 3.59. The van der Waals surface area contributed by atoms with E-state index in [1.165, 1.54) is 0 Å². The van der Waals surface area contributed by atoms with Crippen molar-refractivity contribution >= 4 is 16.6 Å². The maximum atomic E-state index is 5.40. The number of para-hydroxylation sites is 1. The van der Waals surface area contributed by atoms with Crippen molar-refractivity contribution in [1.82, 2.24) is 19.7 Å². The van der Waals surface area contributed by atoms with Crippen LogP contribution in [0.3, 0.4) is 0 Å². The number of rotatable bonds is 5. The smallest absolute Gasteiger partial charge is 0.145 e. The van der Waals surface area contributed by atoms with Crippen LogP contribution >= 0.6 is 0 Å². The number of ether oxygens (including phenoxy) is 1. The van der Waals surface area contributed by atoms with Gasteiger partial charge in [-0.2, -0.15) is 5.10 Å². The molecule has 1 unspecified atom stereocenters. The number of aryl methyl sites for hydroxylation is 1.